The molecule has 21 heavy (non-hydrogen) atoms. The molecule has 0 aromatic heterocycles. The van der Waals surface area contributed by atoms with Crippen LogP contribution in [0.15, 0.2) is 47.4 Å². The molecule has 0 aliphatic carbocycles. The van der Waals surface area contributed by atoms with Crippen LogP contribution in [-0.4, -0.2) is 19.5 Å². The topological polar surface area (TPSA) is 71.4 Å². The number of carbonyl (C=O) groups is 1. The summed E-state index contributed by atoms with van der Waals surface area (Å²) >= 11 is 5.68. The van der Waals surface area contributed by atoms with E-state index in [1.165, 1.54) is 0 Å². The van der Waals surface area contributed by atoms with Crippen molar-refractivity contribution in [2.24, 2.45) is 0 Å². The molecule has 0 aliphatic heterocycles. The molecular formula is C14H10ClFO4S. The van der Waals surface area contributed by atoms with E-state index in [9.17, 15) is 17.6 Å². The molecule has 0 bridgehead atoms. The number of benzene rings is 2. The Balaban J connectivity index is 2.53. The van der Waals surface area contributed by atoms with Gasteiger partial charge in [-0.1, -0.05) is 41.9 Å². The summed E-state index contributed by atoms with van der Waals surface area (Å²) in [6, 6.07) is 9.99. The lowest BCUT2D eigenvalue weighted by atomic mass is 10.2. The predicted octanol–water partition coefficient (Wildman–Crippen LogP) is 3.15. The van der Waals surface area contributed by atoms with Gasteiger partial charge in [-0.25, -0.2) is 17.6 Å². The average molecular weight is 329 g/mol. The van der Waals surface area contributed by atoms with E-state index < -0.39 is 37.8 Å². The van der Waals surface area contributed by atoms with E-state index in [1.807, 2.05) is 0 Å². The Morgan fingerprint density at radius 2 is 1.81 bits per heavy atom. The summed E-state index contributed by atoms with van der Waals surface area (Å²) in [7, 11) is -4.05. The van der Waals surface area contributed by atoms with Crippen LogP contribution in [0.3, 0.4) is 0 Å². The number of sulfone groups is 1. The van der Waals surface area contributed by atoms with Gasteiger partial charge in [-0.05, 0) is 17.7 Å². The fraction of sp³-hybridized carbons (Fsp3) is 0.0714. The Labute approximate surface area is 125 Å². The minimum absolute atomic E-state index is 0.152. The first kappa shape index (κ1) is 15.5. The SMILES string of the molecule is O=C(O)c1cc(Cl)cc(S(=O)(=O)Cc2ccccc2)c1F. The molecule has 2 aromatic carbocycles. The number of halogens is 2. The van der Waals surface area contributed by atoms with Crippen molar-refractivity contribution in [2.75, 3.05) is 0 Å². The van der Waals surface area contributed by atoms with Crippen molar-refractivity contribution in [3.05, 3.63) is 64.4 Å². The van der Waals surface area contributed by atoms with Crippen LogP contribution in [0.4, 0.5) is 4.39 Å². The third-order valence-electron chi connectivity index (χ3n) is 2.77. The van der Waals surface area contributed by atoms with Gasteiger partial charge in [0.1, 0.15) is 4.90 Å². The number of aromatic carboxylic acids is 1. The van der Waals surface area contributed by atoms with Gasteiger partial charge in [0, 0.05) is 5.02 Å². The zero-order valence-electron chi connectivity index (χ0n) is 10.6. The molecular weight excluding hydrogens is 319 g/mol. The van der Waals surface area contributed by atoms with Gasteiger partial charge in [0.05, 0.1) is 11.3 Å². The molecule has 0 amide bonds. The van der Waals surface area contributed by atoms with Crippen molar-refractivity contribution in [2.45, 2.75) is 10.6 Å². The highest BCUT2D eigenvalue weighted by molar-refractivity contribution is 7.90. The quantitative estimate of drug-likeness (QED) is 0.935. The van der Waals surface area contributed by atoms with E-state index >= 15 is 0 Å². The molecule has 2 rings (SSSR count). The normalized spacial score (nSPS) is 11.3. The number of rotatable bonds is 4. The molecule has 110 valence electrons. The third kappa shape index (κ3) is 3.40. The third-order valence-corrected chi connectivity index (χ3v) is 4.67. The summed E-state index contributed by atoms with van der Waals surface area (Å²) in [6.45, 7) is 0. The second-order valence-corrected chi connectivity index (χ2v) is 6.71. The molecule has 0 fully saturated rings. The molecule has 0 saturated carbocycles. The van der Waals surface area contributed by atoms with E-state index in [-0.39, 0.29) is 5.02 Å². The molecule has 7 heteroatoms. The van der Waals surface area contributed by atoms with Crippen LogP contribution in [0.1, 0.15) is 15.9 Å². The van der Waals surface area contributed by atoms with Gasteiger partial charge in [0.25, 0.3) is 0 Å². The lowest BCUT2D eigenvalue weighted by Crippen LogP contribution is -2.11. The van der Waals surface area contributed by atoms with Crippen LogP contribution in [0.5, 0.6) is 0 Å². The molecule has 0 saturated heterocycles. The summed E-state index contributed by atoms with van der Waals surface area (Å²) in [5.74, 6) is -3.32. The molecule has 0 heterocycles. The summed E-state index contributed by atoms with van der Waals surface area (Å²) in [6.07, 6.45) is 0. The zero-order chi connectivity index (χ0) is 15.6. The van der Waals surface area contributed by atoms with Crippen molar-refractivity contribution >= 4 is 27.4 Å². The average Bonchev–Trinajstić information content (AvgIpc) is 2.41. The second-order valence-electron chi connectivity index (χ2n) is 4.32. The fourth-order valence-corrected chi connectivity index (χ4v) is 3.58. The molecule has 0 aliphatic rings. The van der Waals surface area contributed by atoms with E-state index in [1.54, 1.807) is 30.3 Å². The highest BCUT2D eigenvalue weighted by Crippen LogP contribution is 2.26. The summed E-state index contributed by atoms with van der Waals surface area (Å²) in [5, 5.41) is 8.72. The minimum Gasteiger partial charge on any atom is -0.478 e. The van der Waals surface area contributed by atoms with E-state index in [2.05, 4.69) is 0 Å². The Bertz CT molecular complexity index is 788. The zero-order valence-corrected chi connectivity index (χ0v) is 12.2. The Kier molecular flexibility index (Phi) is 4.29. The van der Waals surface area contributed by atoms with Gasteiger partial charge in [-0.15, -0.1) is 0 Å². The molecule has 4 nitrogen and oxygen atoms in total. The van der Waals surface area contributed by atoms with Crippen molar-refractivity contribution in [3.8, 4) is 0 Å². The van der Waals surface area contributed by atoms with Crippen LogP contribution in [0, 0.1) is 5.82 Å². The van der Waals surface area contributed by atoms with E-state index in [4.69, 9.17) is 16.7 Å². The lowest BCUT2D eigenvalue weighted by molar-refractivity contribution is 0.0691. The molecule has 1 N–H and O–H groups in total. The number of carboxylic acid groups (broad SMARTS) is 1. The molecule has 0 unspecified atom stereocenters. The summed E-state index contributed by atoms with van der Waals surface area (Å²) < 4.78 is 38.6. The maximum atomic E-state index is 14.1. The van der Waals surface area contributed by atoms with Gasteiger partial charge in [0.15, 0.2) is 15.7 Å². The highest BCUT2D eigenvalue weighted by Gasteiger charge is 2.25. The first-order valence-corrected chi connectivity index (χ1v) is 7.83. The smallest absolute Gasteiger partial charge is 0.338 e. The van der Waals surface area contributed by atoms with Crippen LogP contribution in [0.25, 0.3) is 0 Å². The maximum absolute atomic E-state index is 14.1. The van der Waals surface area contributed by atoms with Crippen LogP contribution >= 0.6 is 11.6 Å². The standard InChI is InChI=1S/C14H10ClFO4S/c15-10-6-11(14(17)18)13(16)12(7-10)21(19,20)8-9-4-2-1-3-5-9/h1-7H,8H2,(H,17,18). The highest BCUT2D eigenvalue weighted by atomic mass is 35.5. The van der Waals surface area contributed by atoms with Crippen molar-refractivity contribution in [1.29, 1.82) is 0 Å². The van der Waals surface area contributed by atoms with Crippen molar-refractivity contribution in [1.82, 2.24) is 0 Å². The molecule has 0 atom stereocenters. The van der Waals surface area contributed by atoms with Gasteiger partial charge in [-0.2, -0.15) is 0 Å². The maximum Gasteiger partial charge on any atom is 0.338 e. The summed E-state index contributed by atoms with van der Waals surface area (Å²) in [4.78, 5) is 10.2. The predicted molar refractivity (Wildman–Crippen MR) is 75.7 cm³/mol. The van der Waals surface area contributed by atoms with Crippen molar-refractivity contribution in [3.63, 3.8) is 0 Å². The molecule has 2 aromatic rings. The monoisotopic (exact) mass is 328 g/mol. The molecule has 0 spiro atoms. The Hall–Kier alpha value is -1.92. The first-order valence-electron chi connectivity index (χ1n) is 5.80. The largest absolute Gasteiger partial charge is 0.478 e. The fourth-order valence-electron chi connectivity index (χ4n) is 1.82. The van der Waals surface area contributed by atoms with Crippen LogP contribution in [-0.2, 0) is 15.6 Å². The summed E-state index contributed by atoms with van der Waals surface area (Å²) in [5.41, 5.74) is -0.303. The van der Waals surface area contributed by atoms with Crippen molar-refractivity contribution < 1.29 is 22.7 Å². The van der Waals surface area contributed by atoms with E-state index in [0.717, 1.165) is 12.1 Å². The van der Waals surface area contributed by atoms with Crippen LogP contribution in [0.2, 0.25) is 5.02 Å². The van der Waals surface area contributed by atoms with Crippen LogP contribution < -0.4 is 0 Å². The van der Waals surface area contributed by atoms with Gasteiger partial charge >= 0.3 is 5.97 Å². The number of carboxylic acids is 1. The van der Waals surface area contributed by atoms with E-state index in [0.29, 0.717) is 5.56 Å². The Morgan fingerprint density at radius 1 is 1.19 bits per heavy atom. The van der Waals surface area contributed by atoms with Gasteiger partial charge < -0.3 is 5.11 Å². The molecule has 0 radical (unpaired) electrons. The van der Waals surface area contributed by atoms with Gasteiger partial charge in [-0.3, -0.25) is 0 Å². The Morgan fingerprint density at radius 3 is 2.38 bits per heavy atom. The number of hydrogen-bond acceptors (Lipinski definition) is 3. The number of hydrogen-bond donors (Lipinski definition) is 1. The lowest BCUT2D eigenvalue weighted by Gasteiger charge is -2.08. The second kappa shape index (κ2) is 5.83. The minimum atomic E-state index is -4.05. The van der Waals surface area contributed by atoms with Gasteiger partial charge in [0.2, 0.25) is 0 Å². The first-order chi connectivity index (χ1) is 9.81.